The second kappa shape index (κ2) is 4.99. The SMILES string of the molecule is O=S(=O)(NC1CCn2nccc2C1)c1ccccc1F. The van der Waals surface area contributed by atoms with Gasteiger partial charge < -0.3 is 0 Å². The molecule has 20 heavy (non-hydrogen) atoms. The molecule has 1 aromatic heterocycles. The molecule has 1 unspecified atom stereocenters. The first-order valence-corrected chi connectivity index (χ1v) is 7.82. The Labute approximate surface area is 116 Å². The van der Waals surface area contributed by atoms with Crippen molar-refractivity contribution in [2.45, 2.75) is 30.3 Å². The lowest BCUT2D eigenvalue weighted by molar-refractivity contribution is 0.413. The summed E-state index contributed by atoms with van der Waals surface area (Å²) < 4.78 is 42.4. The highest BCUT2D eigenvalue weighted by Gasteiger charge is 2.26. The summed E-state index contributed by atoms with van der Waals surface area (Å²) in [5.74, 6) is -0.735. The van der Waals surface area contributed by atoms with Crippen LogP contribution in [0.1, 0.15) is 12.1 Å². The number of hydrogen-bond donors (Lipinski definition) is 1. The van der Waals surface area contributed by atoms with E-state index in [1.165, 1.54) is 18.2 Å². The van der Waals surface area contributed by atoms with E-state index in [0.717, 1.165) is 11.8 Å². The average Bonchev–Trinajstić information content (AvgIpc) is 2.86. The van der Waals surface area contributed by atoms with Crippen LogP contribution in [0.4, 0.5) is 4.39 Å². The molecule has 1 aliphatic rings. The van der Waals surface area contributed by atoms with Gasteiger partial charge in [0.05, 0.1) is 0 Å². The molecule has 0 saturated carbocycles. The highest BCUT2D eigenvalue weighted by atomic mass is 32.2. The summed E-state index contributed by atoms with van der Waals surface area (Å²) in [6.07, 6.45) is 2.90. The van der Waals surface area contributed by atoms with Crippen LogP contribution in [0, 0.1) is 5.82 Å². The van der Waals surface area contributed by atoms with Gasteiger partial charge in [0, 0.05) is 30.9 Å². The molecule has 3 rings (SSSR count). The fraction of sp³-hybridized carbons (Fsp3) is 0.308. The number of sulfonamides is 1. The Kier molecular flexibility index (Phi) is 3.31. The molecular formula is C13H14FN3O2S. The maximum absolute atomic E-state index is 13.6. The van der Waals surface area contributed by atoms with Crippen LogP contribution < -0.4 is 4.72 Å². The molecule has 2 aromatic rings. The monoisotopic (exact) mass is 295 g/mol. The predicted octanol–water partition coefficient (Wildman–Crippen LogP) is 1.32. The first-order valence-electron chi connectivity index (χ1n) is 6.34. The zero-order valence-corrected chi connectivity index (χ0v) is 11.5. The van der Waals surface area contributed by atoms with Gasteiger partial charge in [-0.25, -0.2) is 17.5 Å². The molecular weight excluding hydrogens is 281 g/mol. The first-order chi connectivity index (χ1) is 9.56. The summed E-state index contributed by atoms with van der Waals surface area (Å²) in [5, 5.41) is 4.14. The lowest BCUT2D eigenvalue weighted by atomic mass is 10.1. The molecule has 0 fully saturated rings. The van der Waals surface area contributed by atoms with Gasteiger partial charge in [-0.05, 0) is 24.6 Å². The summed E-state index contributed by atoms with van der Waals surface area (Å²) in [4.78, 5) is -0.306. The van der Waals surface area contributed by atoms with E-state index in [0.29, 0.717) is 19.4 Å². The minimum Gasteiger partial charge on any atom is -0.269 e. The van der Waals surface area contributed by atoms with Crippen LogP contribution in [0.15, 0.2) is 41.4 Å². The Hall–Kier alpha value is -1.73. The predicted molar refractivity (Wildman–Crippen MR) is 71.1 cm³/mol. The molecule has 1 N–H and O–H groups in total. The van der Waals surface area contributed by atoms with E-state index in [9.17, 15) is 12.8 Å². The molecule has 2 heterocycles. The van der Waals surface area contributed by atoms with Gasteiger partial charge in [0.2, 0.25) is 10.0 Å². The highest BCUT2D eigenvalue weighted by Crippen LogP contribution is 2.18. The number of halogens is 1. The minimum absolute atomic E-state index is 0.233. The lowest BCUT2D eigenvalue weighted by Gasteiger charge is -2.24. The number of rotatable bonds is 3. The molecule has 1 aliphatic heterocycles. The van der Waals surface area contributed by atoms with Crippen LogP contribution in [-0.2, 0) is 23.0 Å². The van der Waals surface area contributed by atoms with Gasteiger partial charge in [-0.3, -0.25) is 4.68 Å². The number of aromatic nitrogens is 2. The molecule has 1 atom stereocenters. The van der Waals surface area contributed by atoms with Crippen LogP contribution in [0.3, 0.4) is 0 Å². The molecule has 0 radical (unpaired) electrons. The van der Waals surface area contributed by atoms with Crippen LogP contribution in [0.25, 0.3) is 0 Å². The van der Waals surface area contributed by atoms with Crippen molar-refractivity contribution in [2.75, 3.05) is 0 Å². The number of aryl methyl sites for hydroxylation is 1. The lowest BCUT2D eigenvalue weighted by Crippen LogP contribution is -2.40. The van der Waals surface area contributed by atoms with Crippen LogP contribution >= 0.6 is 0 Å². The average molecular weight is 295 g/mol. The maximum atomic E-state index is 13.6. The zero-order chi connectivity index (χ0) is 14.2. The van der Waals surface area contributed by atoms with Gasteiger partial charge in [-0.2, -0.15) is 5.10 Å². The van der Waals surface area contributed by atoms with Crippen molar-refractivity contribution in [3.63, 3.8) is 0 Å². The first kappa shape index (κ1) is 13.3. The third-order valence-corrected chi connectivity index (χ3v) is 4.95. The zero-order valence-electron chi connectivity index (χ0n) is 10.7. The van der Waals surface area contributed by atoms with E-state index in [2.05, 4.69) is 9.82 Å². The van der Waals surface area contributed by atoms with Crippen molar-refractivity contribution in [1.82, 2.24) is 14.5 Å². The van der Waals surface area contributed by atoms with Crippen molar-refractivity contribution in [1.29, 1.82) is 0 Å². The Morgan fingerprint density at radius 3 is 2.90 bits per heavy atom. The second-order valence-electron chi connectivity index (χ2n) is 4.79. The van der Waals surface area contributed by atoms with E-state index < -0.39 is 15.8 Å². The molecule has 106 valence electrons. The van der Waals surface area contributed by atoms with Crippen LogP contribution in [0.2, 0.25) is 0 Å². The highest BCUT2D eigenvalue weighted by molar-refractivity contribution is 7.89. The molecule has 5 nitrogen and oxygen atoms in total. The maximum Gasteiger partial charge on any atom is 0.243 e. The van der Waals surface area contributed by atoms with Gasteiger partial charge in [0.15, 0.2) is 0 Å². The van der Waals surface area contributed by atoms with Crippen LogP contribution in [0.5, 0.6) is 0 Å². The van der Waals surface area contributed by atoms with Crippen molar-refractivity contribution in [3.05, 3.63) is 48.0 Å². The quantitative estimate of drug-likeness (QED) is 0.928. The molecule has 0 bridgehead atoms. The molecule has 0 spiro atoms. The van der Waals surface area contributed by atoms with E-state index in [-0.39, 0.29) is 10.9 Å². The van der Waals surface area contributed by atoms with E-state index >= 15 is 0 Å². The molecule has 0 aliphatic carbocycles. The fourth-order valence-corrected chi connectivity index (χ4v) is 3.76. The smallest absolute Gasteiger partial charge is 0.243 e. The number of nitrogens with zero attached hydrogens (tertiary/aromatic N) is 2. The van der Waals surface area contributed by atoms with E-state index in [1.807, 2.05) is 10.7 Å². The molecule has 1 aromatic carbocycles. The summed E-state index contributed by atoms with van der Waals surface area (Å²) in [6.45, 7) is 0.660. The number of benzene rings is 1. The Balaban J connectivity index is 1.80. The van der Waals surface area contributed by atoms with Crippen molar-refractivity contribution < 1.29 is 12.8 Å². The number of hydrogen-bond acceptors (Lipinski definition) is 3. The Morgan fingerprint density at radius 2 is 2.10 bits per heavy atom. The summed E-state index contributed by atoms with van der Waals surface area (Å²) in [7, 11) is -3.83. The van der Waals surface area contributed by atoms with Crippen LogP contribution in [-0.4, -0.2) is 24.2 Å². The third-order valence-electron chi connectivity index (χ3n) is 3.40. The summed E-state index contributed by atoms with van der Waals surface area (Å²) >= 11 is 0. The van der Waals surface area contributed by atoms with Crippen molar-refractivity contribution in [3.8, 4) is 0 Å². The van der Waals surface area contributed by atoms with Crippen molar-refractivity contribution in [2.24, 2.45) is 0 Å². The fourth-order valence-electron chi connectivity index (χ4n) is 2.41. The second-order valence-corrected chi connectivity index (χ2v) is 6.47. The van der Waals surface area contributed by atoms with Crippen molar-refractivity contribution >= 4 is 10.0 Å². The standard InChI is InChI=1S/C13H14FN3O2S/c14-12-3-1-2-4-13(12)20(18,19)16-10-6-8-17-11(9-10)5-7-15-17/h1-5,7,10,16H,6,8-9H2. The van der Waals surface area contributed by atoms with E-state index in [1.54, 1.807) is 6.20 Å². The van der Waals surface area contributed by atoms with Gasteiger partial charge in [0.25, 0.3) is 0 Å². The summed E-state index contributed by atoms with van der Waals surface area (Å²) in [5.41, 5.74) is 0.984. The van der Waals surface area contributed by atoms with E-state index in [4.69, 9.17) is 0 Å². The Morgan fingerprint density at radius 1 is 1.30 bits per heavy atom. The molecule has 0 amide bonds. The van der Waals surface area contributed by atoms with Gasteiger partial charge in [-0.15, -0.1) is 0 Å². The number of fused-ring (bicyclic) bond motifs is 1. The summed E-state index contributed by atoms with van der Waals surface area (Å²) in [6, 6.07) is 7.02. The van der Waals surface area contributed by atoms with Gasteiger partial charge in [-0.1, -0.05) is 12.1 Å². The normalized spacial score (nSPS) is 18.8. The largest absolute Gasteiger partial charge is 0.269 e. The molecule has 7 heteroatoms. The minimum atomic E-state index is -3.83. The topological polar surface area (TPSA) is 64.0 Å². The Bertz CT molecular complexity index is 727. The molecule has 0 saturated heterocycles. The third kappa shape index (κ3) is 2.46. The van der Waals surface area contributed by atoms with Gasteiger partial charge in [0.1, 0.15) is 10.7 Å². The van der Waals surface area contributed by atoms with Gasteiger partial charge >= 0.3 is 0 Å². The number of nitrogens with one attached hydrogen (secondary N) is 1.